The second kappa shape index (κ2) is 5.56. The van der Waals surface area contributed by atoms with Gasteiger partial charge in [-0.05, 0) is 18.2 Å². The van der Waals surface area contributed by atoms with Gasteiger partial charge in [-0.3, -0.25) is 0 Å². The summed E-state index contributed by atoms with van der Waals surface area (Å²) in [4.78, 5) is 0.0411. The highest BCUT2D eigenvalue weighted by Gasteiger charge is 2.23. The van der Waals surface area contributed by atoms with Crippen molar-refractivity contribution in [1.29, 1.82) is 0 Å². The third-order valence-corrected chi connectivity index (χ3v) is 4.40. The lowest BCUT2D eigenvalue weighted by molar-refractivity contribution is 0.163. The number of nitrogen functional groups attached to an aromatic ring is 1. The molecule has 0 bridgehead atoms. The van der Waals surface area contributed by atoms with Crippen LogP contribution in [0.3, 0.4) is 0 Å². The molecule has 18 heavy (non-hydrogen) atoms. The molecule has 1 aromatic rings. The molecule has 1 aromatic carbocycles. The van der Waals surface area contributed by atoms with Crippen LogP contribution >= 0.6 is 15.9 Å². The fraction of sp³-hybridized carbons (Fsp3) is 0.455. The number of aliphatic hydroxyl groups is 1. The van der Waals surface area contributed by atoms with Crippen LogP contribution in [-0.4, -0.2) is 26.7 Å². The number of benzene rings is 1. The number of anilines is 1. The van der Waals surface area contributed by atoms with Crippen LogP contribution in [0.4, 0.5) is 5.69 Å². The van der Waals surface area contributed by atoms with Gasteiger partial charge in [-0.2, -0.15) is 0 Å². The van der Waals surface area contributed by atoms with Crippen molar-refractivity contribution in [3.05, 3.63) is 22.7 Å². The average molecular weight is 337 g/mol. The van der Waals surface area contributed by atoms with Crippen LogP contribution in [0.5, 0.6) is 0 Å². The highest BCUT2D eigenvalue weighted by atomic mass is 79.9. The Morgan fingerprint density at radius 1 is 1.44 bits per heavy atom. The molecule has 0 radical (unpaired) electrons. The molecule has 0 atom stereocenters. The first-order chi connectivity index (χ1) is 8.18. The molecule has 4 N–H and O–H groups in total. The number of rotatable bonds is 5. The summed E-state index contributed by atoms with van der Waals surface area (Å²) in [6.07, 6.45) is 0. The first kappa shape index (κ1) is 15.4. The Bertz CT molecular complexity index is 529. The Balaban J connectivity index is 2.94. The van der Waals surface area contributed by atoms with E-state index in [1.54, 1.807) is 19.9 Å². The van der Waals surface area contributed by atoms with Gasteiger partial charge in [0, 0.05) is 23.0 Å². The van der Waals surface area contributed by atoms with E-state index in [9.17, 15) is 8.42 Å². The van der Waals surface area contributed by atoms with Crippen molar-refractivity contribution in [3.8, 4) is 0 Å². The summed E-state index contributed by atoms with van der Waals surface area (Å²) < 4.78 is 27.2. The maximum atomic E-state index is 12.0. The fourth-order valence-electron chi connectivity index (χ4n) is 1.19. The van der Waals surface area contributed by atoms with Gasteiger partial charge in [0.25, 0.3) is 0 Å². The van der Waals surface area contributed by atoms with Gasteiger partial charge < -0.3 is 10.8 Å². The molecule has 7 heteroatoms. The van der Waals surface area contributed by atoms with Crippen LogP contribution in [0.1, 0.15) is 13.8 Å². The van der Waals surface area contributed by atoms with E-state index in [0.717, 1.165) is 4.47 Å². The molecule has 0 saturated carbocycles. The molecule has 0 fully saturated rings. The molecular formula is C11H17BrN2O3S. The monoisotopic (exact) mass is 336 g/mol. The molecular weight excluding hydrogens is 320 g/mol. The Morgan fingerprint density at radius 2 is 2.06 bits per heavy atom. The first-order valence-electron chi connectivity index (χ1n) is 5.33. The molecule has 0 heterocycles. The molecule has 5 nitrogen and oxygen atoms in total. The van der Waals surface area contributed by atoms with Gasteiger partial charge >= 0.3 is 0 Å². The summed E-state index contributed by atoms with van der Waals surface area (Å²) in [6, 6.07) is 4.58. The Morgan fingerprint density at radius 3 is 2.56 bits per heavy atom. The zero-order valence-corrected chi connectivity index (χ0v) is 12.7. The van der Waals surface area contributed by atoms with Gasteiger partial charge in [0.2, 0.25) is 10.0 Å². The average Bonchev–Trinajstić information content (AvgIpc) is 2.26. The number of nitrogens with one attached hydrogen (secondary N) is 1. The predicted molar refractivity (Wildman–Crippen MR) is 74.6 cm³/mol. The summed E-state index contributed by atoms with van der Waals surface area (Å²) in [5, 5.41) is 9.09. The Kier molecular flexibility index (Phi) is 4.77. The van der Waals surface area contributed by atoms with Crippen LogP contribution in [-0.2, 0) is 10.0 Å². The predicted octanol–water partition coefficient (Wildman–Crippen LogP) is 1.33. The molecule has 0 unspecified atom stereocenters. The van der Waals surface area contributed by atoms with Crippen molar-refractivity contribution < 1.29 is 13.5 Å². The quantitative estimate of drug-likeness (QED) is 0.707. The van der Waals surface area contributed by atoms with E-state index in [2.05, 4.69) is 20.7 Å². The van der Waals surface area contributed by atoms with E-state index >= 15 is 0 Å². The summed E-state index contributed by atoms with van der Waals surface area (Å²) >= 11 is 3.22. The molecule has 0 aromatic heterocycles. The van der Waals surface area contributed by atoms with Gasteiger partial charge in [-0.25, -0.2) is 13.1 Å². The molecule has 1 rings (SSSR count). The first-order valence-corrected chi connectivity index (χ1v) is 7.61. The van der Waals surface area contributed by atoms with Crippen LogP contribution in [0, 0.1) is 5.41 Å². The van der Waals surface area contributed by atoms with E-state index in [-0.39, 0.29) is 23.7 Å². The summed E-state index contributed by atoms with van der Waals surface area (Å²) in [5.41, 5.74) is 5.34. The highest BCUT2D eigenvalue weighted by molar-refractivity contribution is 9.10. The number of aliphatic hydroxyl groups excluding tert-OH is 1. The largest absolute Gasteiger partial charge is 0.398 e. The highest BCUT2D eigenvalue weighted by Crippen LogP contribution is 2.23. The number of sulfonamides is 1. The smallest absolute Gasteiger partial charge is 0.242 e. The minimum atomic E-state index is -3.66. The van der Waals surface area contributed by atoms with Crippen molar-refractivity contribution >= 4 is 31.6 Å². The Hall–Kier alpha value is -0.630. The normalized spacial score (nSPS) is 12.7. The van der Waals surface area contributed by atoms with E-state index in [0.29, 0.717) is 0 Å². The number of hydrogen-bond donors (Lipinski definition) is 3. The second-order valence-corrected chi connectivity index (χ2v) is 7.48. The van der Waals surface area contributed by atoms with Crippen molar-refractivity contribution in [3.63, 3.8) is 0 Å². The number of nitrogens with two attached hydrogens (primary N) is 1. The van der Waals surface area contributed by atoms with E-state index in [4.69, 9.17) is 10.8 Å². The van der Waals surface area contributed by atoms with Crippen LogP contribution in [0.25, 0.3) is 0 Å². The summed E-state index contributed by atoms with van der Waals surface area (Å²) in [6.45, 7) is 3.56. The van der Waals surface area contributed by atoms with Crippen molar-refractivity contribution in [2.75, 3.05) is 18.9 Å². The van der Waals surface area contributed by atoms with E-state index < -0.39 is 15.4 Å². The molecule has 0 amide bonds. The van der Waals surface area contributed by atoms with Crippen molar-refractivity contribution in [2.45, 2.75) is 18.7 Å². The van der Waals surface area contributed by atoms with Crippen molar-refractivity contribution in [2.24, 2.45) is 5.41 Å². The zero-order chi connectivity index (χ0) is 14.0. The standard InChI is InChI=1S/C11H17BrN2O3S/c1-11(2,7-15)6-14-18(16,17)10-4-3-8(12)5-9(10)13/h3-5,14-15H,6-7,13H2,1-2H3. The second-order valence-electron chi connectivity index (χ2n) is 4.83. The Labute approximate surface area is 116 Å². The third-order valence-electron chi connectivity index (χ3n) is 2.43. The van der Waals surface area contributed by atoms with Gasteiger partial charge in [-0.1, -0.05) is 29.8 Å². The zero-order valence-electron chi connectivity index (χ0n) is 10.3. The minimum Gasteiger partial charge on any atom is -0.398 e. The molecule has 0 aliphatic rings. The maximum Gasteiger partial charge on any atom is 0.242 e. The lowest BCUT2D eigenvalue weighted by Crippen LogP contribution is -2.36. The molecule has 0 aliphatic heterocycles. The van der Waals surface area contributed by atoms with Crippen LogP contribution in [0.2, 0.25) is 0 Å². The molecule has 0 aliphatic carbocycles. The lowest BCUT2D eigenvalue weighted by atomic mass is 9.96. The lowest BCUT2D eigenvalue weighted by Gasteiger charge is -2.22. The SMILES string of the molecule is CC(C)(CO)CNS(=O)(=O)c1ccc(Br)cc1N. The topological polar surface area (TPSA) is 92.4 Å². The van der Waals surface area contributed by atoms with Gasteiger partial charge in [-0.15, -0.1) is 0 Å². The van der Waals surface area contributed by atoms with Crippen LogP contribution in [0.15, 0.2) is 27.6 Å². The maximum absolute atomic E-state index is 12.0. The van der Waals surface area contributed by atoms with E-state index in [1.807, 2.05) is 0 Å². The van der Waals surface area contributed by atoms with E-state index in [1.165, 1.54) is 12.1 Å². The number of hydrogen-bond acceptors (Lipinski definition) is 4. The summed E-state index contributed by atoms with van der Waals surface area (Å²) in [7, 11) is -3.66. The molecule has 0 spiro atoms. The number of halogens is 1. The fourth-order valence-corrected chi connectivity index (χ4v) is 2.92. The van der Waals surface area contributed by atoms with Crippen molar-refractivity contribution in [1.82, 2.24) is 4.72 Å². The van der Waals surface area contributed by atoms with Gasteiger partial charge in [0.05, 0.1) is 5.69 Å². The summed E-state index contributed by atoms with van der Waals surface area (Å²) in [5.74, 6) is 0. The third kappa shape index (κ3) is 3.94. The molecule has 102 valence electrons. The molecule has 0 saturated heterocycles. The van der Waals surface area contributed by atoms with Gasteiger partial charge in [0.15, 0.2) is 0 Å². The van der Waals surface area contributed by atoms with Gasteiger partial charge in [0.1, 0.15) is 4.90 Å². The minimum absolute atomic E-state index is 0.0411. The van der Waals surface area contributed by atoms with Crippen LogP contribution < -0.4 is 10.5 Å².